The van der Waals surface area contributed by atoms with E-state index in [0.29, 0.717) is 6.54 Å². The van der Waals surface area contributed by atoms with Gasteiger partial charge >= 0.3 is 6.03 Å². The van der Waals surface area contributed by atoms with E-state index >= 15 is 0 Å². The van der Waals surface area contributed by atoms with Crippen LogP contribution in [0.4, 0.5) is 4.79 Å². The van der Waals surface area contributed by atoms with Crippen molar-refractivity contribution >= 4 is 6.03 Å². The van der Waals surface area contributed by atoms with Gasteiger partial charge in [-0.05, 0) is 6.42 Å². The largest absolute Gasteiger partial charge is 0.391 e. The third kappa shape index (κ3) is 0.894. The second-order valence-electron chi connectivity index (χ2n) is 3.36. The standard InChI is InChI=1S/C7H12N2O2/c1-8-3-5-2-6(10)4-9(5)7(8)11/h5-6,10H,2-4H2,1H3/t5?,6-/m1/s1. The van der Waals surface area contributed by atoms with Gasteiger partial charge in [-0.25, -0.2) is 4.79 Å². The van der Waals surface area contributed by atoms with Gasteiger partial charge in [-0.15, -0.1) is 0 Å². The van der Waals surface area contributed by atoms with E-state index in [-0.39, 0.29) is 18.2 Å². The van der Waals surface area contributed by atoms with Crippen LogP contribution in [0.2, 0.25) is 0 Å². The molecule has 0 aromatic rings. The highest BCUT2D eigenvalue weighted by Gasteiger charge is 2.41. The van der Waals surface area contributed by atoms with Crippen molar-refractivity contribution in [2.24, 2.45) is 0 Å². The first-order valence-corrected chi connectivity index (χ1v) is 3.88. The fourth-order valence-electron chi connectivity index (χ4n) is 1.91. The van der Waals surface area contributed by atoms with Gasteiger partial charge in [-0.2, -0.15) is 0 Å². The molecule has 2 heterocycles. The summed E-state index contributed by atoms with van der Waals surface area (Å²) in [6.45, 7) is 1.30. The second kappa shape index (κ2) is 2.11. The van der Waals surface area contributed by atoms with Gasteiger partial charge in [0.15, 0.2) is 0 Å². The molecule has 0 saturated carbocycles. The number of carbonyl (C=O) groups is 1. The topological polar surface area (TPSA) is 43.8 Å². The summed E-state index contributed by atoms with van der Waals surface area (Å²) in [4.78, 5) is 14.7. The highest BCUT2D eigenvalue weighted by molar-refractivity contribution is 5.77. The molecule has 2 amide bonds. The summed E-state index contributed by atoms with van der Waals surface area (Å²) in [5.74, 6) is 0. The Morgan fingerprint density at radius 2 is 2.27 bits per heavy atom. The summed E-state index contributed by atoms with van der Waals surface area (Å²) < 4.78 is 0. The summed E-state index contributed by atoms with van der Waals surface area (Å²) in [6.07, 6.45) is 0.452. The van der Waals surface area contributed by atoms with Gasteiger partial charge in [0.2, 0.25) is 0 Å². The Morgan fingerprint density at radius 1 is 1.55 bits per heavy atom. The zero-order valence-corrected chi connectivity index (χ0v) is 6.53. The van der Waals surface area contributed by atoms with Crippen LogP contribution in [-0.4, -0.2) is 53.2 Å². The van der Waals surface area contributed by atoms with Crippen LogP contribution in [-0.2, 0) is 0 Å². The van der Waals surface area contributed by atoms with Crippen LogP contribution in [0.3, 0.4) is 0 Å². The Labute approximate surface area is 65.4 Å². The molecule has 4 heteroatoms. The number of fused-ring (bicyclic) bond motifs is 1. The number of aliphatic hydroxyl groups is 1. The number of urea groups is 1. The van der Waals surface area contributed by atoms with E-state index < -0.39 is 0 Å². The van der Waals surface area contributed by atoms with E-state index in [4.69, 9.17) is 0 Å². The van der Waals surface area contributed by atoms with Crippen LogP contribution in [0.15, 0.2) is 0 Å². The summed E-state index contributed by atoms with van der Waals surface area (Å²) in [6, 6.07) is 0.328. The third-order valence-corrected chi connectivity index (χ3v) is 2.45. The van der Waals surface area contributed by atoms with Gasteiger partial charge in [0.1, 0.15) is 0 Å². The van der Waals surface area contributed by atoms with E-state index in [0.717, 1.165) is 13.0 Å². The number of rotatable bonds is 0. The molecule has 1 N–H and O–H groups in total. The SMILES string of the molecule is CN1CC2C[C@@H](O)CN2C1=O. The lowest BCUT2D eigenvalue weighted by Gasteiger charge is -2.12. The molecule has 0 bridgehead atoms. The van der Waals surface area contributed by atoms with Crippen LogP contribution < -0.4 is 0 Å². The summed E-state index contributed by atoms with van der Waals surface area (Å²) in [5.41, 5.74) is 0. The smallest absolute Gasteiger partial charge is 0.320 e. The van der Waals surface area contributed by atoms with Crippen molar-refractivity contribution in [2.45, 2.75) is 18.6 Å². The lowest BCUT2D eigenvalue weighted by Crippen LogP contribution is -2.31. The zero-order valence-electron chi connectivity index (χ0n) is 6.53. The molecule has 62 valence electrons. The number of amides is 2. The summed E-state index contributed by atoms with van der Waals surface area (Å²) >= 11 is 0. The predicted molar refractivity (Wildman–Crippen MR) is 39.1 cm³/mol. The number of aliphatic hydroxyl groups excluding tert-OH is 1. The fraction of sp³-hybridized carbons (Fsp3) is 0.857. The average molecular weight is 156 g/mol. The van der Waals surface area contributed by atoms with E-state index in [1.165, 1.54) is 0 Å². The van der Waals surface area contributed by atoms with E-state index in [1.807, 2.05) is 0 Å². The van der Waals surface area contributed by atoms with Crippen molar-refractivity contribution in [1.82, 2.24) is 9.80 Å². The second-order valence-corrected chi connectivity index (χ2v) is 3.36. The lowest BCUT2D eigenvalue weighted by molar-refractivity contribution is 0.164. The molecule has 0 spiro atoms. The van der Waals surface area contributed by atoms with E-state index in [1.54, 1.807) is 16.8 Å². The van der Waals surface area contributed by atoms with Crippen LogP contribution >= 0.6 is 0 Å². The maximum absolute atomic E-state index is 11.3. The Bertz CT molecular complexity index is 195. The zero-order chi connectivity index (χ0) is 8.01. The molecule has 1 unspecified atom stereocenters. The maximum Gasteiger partial charge on any atom is 0.320 e. The van der Waals surface area contributed by atoms with Crippen molar-refractivity contribution in [3.63, 3.8) is 0 Å². The monoisotopic (exact) mass is 156 g/mol. The molecule has 11 heavy (non-hydrogen) atoms. The first-order chi connectivity index (χ1) is 5.18. The molecule has 2 aliphatic heterocycles. The minimum absolute atomic E-state index is 0.0616. The van der Waals surface area contributed by atoms with Crippen molar-refractivity contribution in [3.8, 4) is 0 Å². The maximum atomic E-state index is 11.3. The van der Waals surface area contributed by atoms with Gasteiger partial charge in [0.05, 0.1) is 12.1 Å². The molecule has 2 atom stereocenters. The number of hydrogen-bond acceptors (Lipinski definition) is 2. The number of likely N-dealkylation sites (N-methyl/N-ethyl adjacent to an activating group) is 1. The quantitative estimate of drug-likeness (QED) is 0.513. The molecule has 4 nitrogen and oxygen atoms in total. The van der Waals surface area contributed by atoms with Crippen molar-refractivity contribution in [2.75, 3.05) is 20.1 Å². The summed E-state index contributed by atoms with van der Waals surface area (Å²) in [5, 5.41) is 9.23. The van der Waals surface area contributed by atoms with Crippen LogP contribution in [0.25, 0.3) is 0 Å². The first-order valence-electron chi connectivity index (χ1n) is 3.88. The van der Waals surface area contributed by atoms with Crippen molar-refractivity contribution < 1.29 is 9.90 Å². The van der Waals surface area contributed by atoms with Crippen molar-refractivity contribution in [3.05, 3.63) is 0 Å². The predicted octanol–water partition coefficient (Wildman–Crippen LogP) is -0.513. The number of nitrogens with zero attached hydrogens (tertiary/aromatic N) is 2. The Kier molecular flexibility index (Phi) is 1.32. The molecule has 2 aliphatic rings. The normalized spacial score (nSPS) is 36.7. The molecule has 0 aliphatic carbocycles. The highest BCUT2D eigenvalue weighted by atomic mass is 16.3. The average Bonchev–Trinajstić information content (AvgIpc) is 2.37. The van der Waals surface area contributed by atoms with Gasteiger partial charge in [0.25, 0.3) is 0 Å². The van der Waals surface area contributed by atoms with Crippen LogP contribution in [0.5, 0.6) is 0 Å². The number of hydrogen-bond donors (Lipinski definition) is 1. The molecule has 2 fully saturated rings. The minimum atomic E-state index is -0.294. The highest BCUT2D eigenvalue weighted by Crippen LogP contribution is 2.24. The van der Waals surface area contributed by atoms with Gasteiger partial charge in [-0.1, -0.05) is 0 Å². The van der Waals surface area contributed by atoms with Gasteiger partial charge in [0, 0.05) is 20.1 Å². The third-order valence-electron chi connectivity index (χ3n) is 2.45. The van der Waals surface area contributed by atoms with Crippen molar-refractivity contribution in [1.29, 1.82) is 0 Å². The van der Waals surface area contributed by atoms with Gasteiger partial charge < -0.3 is 14.9 Å². The van der Waals surface area contributed by atoms with E-state index in [2.05, 4.69) is 0 Å². The Morgan fingerprint density at radius 3 is 2.91 bits per heavy atom. The minimum Gasteiger partial charge on any atom is -0.391 e. The molecule has 0 aromatic heterocycles. The Hall–Kier alpha value is -0.770. The molecular weight excluding hydrogens is 144 g/mol. The molecular formula is C7H12N2O2. The first kappa shape index (κ1) is 6.91. The Balaban J connectivity index is 2.13. The molecule has 2 rings (SSSR count). The van der Waals surface area contributed by atoms with E-state index in [9.17, 15) is 9.90 Å². The number of carbonyl (C=O) groups excluding carboxylic acids is 1. The lowest BCUT2D eigenvalue weighted by atomic mass is 10.2. The fourth-order valence-corrected chi connectivity index (χ4v) is 1.91. The molecule has 0 radical (unpaired) electrons. The van der Waals surface area contributed by atoms with Crippen LogP contribution in [0, 0.1) is 0 Å². The molecule has 2 saturated heterocycles. The van der Waals surface area contributed by atoms with Crippen LogP contribution in [0.1, 0.15) is 6.42 Å². The summed E-state index contributed by atoms with van der Waals surface area (Å²) in [7, 11) is 1.80. The molecule has 0 aromatic carbocycles. The van der Waals surface area contributed by atoms with Gasteiger partial charge in [-0.3, -0.25) is 0 Å².